The third-order valence-corrected chi connectivity index (χ3v) is 4.04. The van der Waals surface area contributed by atoms with Crippen molar-refractivity contribution in [2.45, 2.75) is 39.2 Å². The average Bonchev–Trinajstić information content (AvgIpc) is 2.69. The fourth-order valence-electron chi connectivity index (χ4n) is 2.71. The van der Waals surface area contributed by atoms with Crippen molar-refractivity contribution in [3.8, 4) is 0 Å². The van der Waals surface area contributed by atoms with E-state index in [1.54, 1.807) is 0 Å². The van der Waals surface area contributed by atoms with Gasteiger partial charge in [0.25, 0.3) is 5.91 Å². The van der Waals surface area contributed by atoms with Crippen LogP contribution in [0.1, 0.15) is 40.7 Å². The van der Waals surface area contributed by atoms with E-state index in [4.69, 9.17) is 0 Å². The SMILES string of the molecule is Cc1ccc(C)c(C(=O)N(C)C2CCCNCC2)c1.Cl. The summed E-state index contributed by atoms with van der Waals surface area (Å²) in [6, 6.07) is 6.46. The minimum Gasteiger partial charge on any atom is -0.339 e. The summed E-state index contributed by atoms with van der Waals surface area (Å²) in [5.74, 6) is 0.160. The van der Waals surface area contributed by atoms with E-state index in [1.807, 2.05) is 37.9 Å². The lowest BCUT2D eigenvalue weighted by Gasteiger charge is -2.27. The summed E-state index contributed by atoms with van der Waals surface area (Å²) in [6.07, 6.45) is 3.29. The molecule has 3 nitrogen and oxygen atoms in total. The lowest BCUT2D eigenvalue weighted by molar-refractivity contribution is 0.0719. The van der Waals surface area contributed by atoms with E-state index in [0.29, 0.717) is 6.04 Å². The van der Waals surface area contributed by atoms with E-state index in [9.17, 15) is 4.79 Å². The van der Waals surface area contributed by atoms with Gasteiger partial charge in [-0.3, -0.25) is 4.79 Å². The molecule has 1 atom stereocenters. The summed E-state index contributed by atoms with van der Waals surface area (Å²) in [5.41, 5.74) is 3.05. The molecular formula is C16H25ClN2O. The summed E-state index contributed by atoms with van der Waals surface area (Å²) in [4.78, 5) is 14.6. The minimum absolute atomic E-state index is 0. The Morgan fingerprint density at radius 1 is 1.25 bits per heavy atom. The van der Waals surface area contributed by atoms with E-state index < -0.39 is 0 Å². The number of nitrogens with one attached hydrogen (secondary N) is 1. The van der Waals surface area contributed by atoms with E-state index >= 15 is 0 Å². The lowest BCUT2D eigenvalue weighted by atomic mass is 10.0. The summed E-state index contributed by atoms with van der Waals surface area (Å²) in [6.45, 7) is 6.12. The Hall–Kier alpha value is -1.06. The number of amides is 1. The second kappa shape index (κ2) is 7.65. The molecule has 1 N–H and O–H groups in total. The van der Waals surface area contributed by atoms with Crippen LogP contribution in [0, 0.1) is 13.8 Å². The summed E-state index contributed by atoms with van der Waals surface area (Å²) >= 11 is 0. The van der Waals surface area contributed by atoms with Gasteiger partial charge in [-0.1, -0.05) is 17.7 Å². The van der Waals surface area contributed by atoms with Crippen molar-refractivity contribution in [1.29, 1.82) is 0 Å². The highest BCUT2D eigenvalue weighted by atomic mass is 35.5. The van der Waals surface area contributed by atoms with Crippen molar-refractivity contribution in [2.75, 3.05) is 20.1 Å². The zero-order valence-corrected chi connectivity index (χ0v) is 13.4. The van der Waals surface area contributed by atoms with Crippen molar-refractivity contribution in [2.24, 2.45) is 0 Å². The van der Waals surface area contributed by atoms with Gasteiger partial charge in [-0.2, -0.15) is 0 Å². The molecular weight excluding hydrogens is 272 g/mol. The van der Waals surface area contributed by atoms with Crippen molar-refractivity contribution in [1.82, 2.24) is 10.2 Å². The van der Waals surface area contributed by atoms with Crippen LogP contribution in [-0.2, 0) is 0 Å². The molecule has 0 saturated carbocycles. The average molecular weight is 297 g/mol. The number of aryl methyl sites for hydroxylation is 2. The molecule has 112 valence electrons. The zero-order chi connectivity index (χ0) is 13.8. The van der Waals surface area contributed by atoms with Gasteiger partial charge in [-0.25, -0.2) is 0 Å². The summed E-state index contributed by atoms with van der Waals surface area (Å²) < 4.78 is 0. The van der Waals surface area contributed by atoms with Crippen LogP contribution in [0.25, 0.3) is 0 Å². The van der Waals surface area contributed by atoms with Crippen LogP contribution in [-0.4, -0.2) is 37.0 Å². The van der Waals surface area contributed by atoms with Crippen molar-refractivity contribution < 1.29 is 4.79 Å². The molecule has 0 aromatic heterocycles. The molecule has 20 heavy (non-hydrogen) atoms. The Balaban J connectivity index is 0.00000200. The fraction of sp³-hybridized carbons (Fsp3) is 0.562. The number of carbonyl (C=O) groups is 1. The van der Waals surface area contributed by atoms with E-state index in [-0.39, 0.29) is 18.3 Å². The number of rotatable bonds is 2. The van der Waals surface area contributed by atoms with Crippen molar-refractivity contribution in [3.63, 3.8) is 0 Å². The van der Waals surface area contributed by atoms with Gasteiger partial charge in [0, 0.05) is 18.7 Å². The number of carbonyl (C=O) groups excluding carboxylic acids is 1. The van der Waals surface area contributed by atoms with Gasteiger partial charge in [0.1, 0.15) is 0 Å². The number of nitrogens with zero attached hydrogens (tertiary/aromatic N) is 1. The first-order chi connectivity index (χ1) is 9.09. The maximum Gasteiger partial charge on any atom is 0.254 e. The Kier molecular flexibility index (Phi) is 6.50. The first-order valence-electron chi connectivity index (χ1n) is 7.14. The molecule has 1 unspecified atom stereocenters. The molecule has 2 rings (SSSR count). The van der Waals surface area contributed by atoms with E-state index in [1.165, 1.54) is 0 Å². The third-order valence-electron chi connectivity index (χ3n) is 4.04. The smallest absolute Gasteiger partial charge is 0.254 e. The maximum atomic E-state index is 12.6. The number of halogens is 1. The topological polar surface area (TPSA) is 32.3 Å². The number of hydrogen-bond donors (Lipinski definition) is 1. The summed E-state index contributed by atoms with van der Waals surface area (Å²) in [5, 5.41) is 3.39. The van der Waals surface area contributed by atoms with Gasteiger partial charge in [0.15, 0.2) is 0 Å². The minimum atomic E-state index is 0. The second-order valence-corrected chi connectivity index (χ2v) is 5.57. The molecule has 1 aliphatic rings. The molecule has 0 aliphatic carbocycles. The molecule has 0 radical (unpaired) electrons. The van der Waals surface area contributed by atoms with Crippen LogP contribution in [0.3, 0.4) is 0 Å². The predicted octanol–water partition coefficient (Wildman–Crippen LogP) is 2.94. The standard InChI is InChI=1S/C16H24N2O.ClH/c1-12-6-7-13(2)15(11-12)16(19)18(3)14-5-4-9-17-10-8-14;/h6-7,11,14,17H,4-5,8-10H2,1-3H3;1H. The molecule has 1 aliphatic heterocycles. The van der Waals surface area contributed by atoms with Gasteiger partial charge in [-0.15, -0.1) is 12.4 Å². The van der Waals surface area contributed by atoms with Crippen LogP contribution in [0.4, 0.5) is 0 Å². The highest BCUT2D eigenvalue weighted by Crippen LogP contribution is 2.18. The third kappa shape index (κ3) is 3.97. The Labute approximate surface area is 128 Å². The van der Waals surface area contributed by atoms with Crippen LogP contribution >= 0.6 is 12.4 Å². The van der Waals surface area contributed by atoms with Gasteiger partial charge in [0.05, 0.1) is 0 Å². The lowest BCUT2D eigenvalue weighted by Crippen LogP contribution is -2.37. The predicted molar refractivity (Wildman–Crippen MR) is 85.8 cm³/mol. The monoisotopic (exact) mass is 296 g/mol. The highest BCUT2D eigenvalue weighted by molar-refractivity contribution is 5.95. The molecule has 1 heterocycles. The van der Waals surface area contributed by atoms with Crippen LogP contribution < -0.4 is 5.32 Å². The first-order valence-corrected chi connectivity index (χ1v) is 7.14. The quantitative estimate of drug-likeness (QED) is 0.910. The molecule has 1 fully saturated rings. The second-order valence-electron chi connectivity index (χ2n) is 5.57. The van der Waals surface area contributed by atoms with Gasteiger partial charge in [0.2, 0.25) is 0 Å². The van der Waals surface area contributed by atoms with Crippen molar-refractivity contribution >= 4 is 18.3 Å². The summed E-state index contributed by atoms with van der Waals surface area (Å²) in [7, 11) is 1.94. The van der Waals surface area contributed by atoms with Gasteiger partial charge >= 0.3 is 0 Å². The molecule has 4 heteroatoms. The molecule has 1 saturated heterocycles. The molecule has 1 amide bonds. The Bertz CT molecular complexity index is 454. The maximum absolute atomic E-state index is 12.6. The largest absolute Gasteiger partial charge is 0.339 e. The van der Waals surface area contributed by atoms with Crippen LogP contribution in [0.5, 0.6) is 0 Å². The Morgan fingerprint density at radius 3 is 2.75 bits per heavy atom. The molecule has 0 spiro atoms. The molecule has 1 aromatic carbocycles. The van der Waals surface area contributed by atoms with Crippen molar-refractivity contribution in [3.05, 3.63) is 34.9 Å². The Morgan fingerprint density at radius 2 is 2.00 bits per heavy atom. The number of hydrogen-bond acceptors (Lipinski definition) is 2. The van der Waals surface area contributed by atoms with Gasteiger partial charge in [-0.05, 0) is 57.8 Å². The van der Waals surface area contributed by atoms with Gasteiger partial charge < -0.3 is 10.2 Å². The van der Waals surface area contributed by atoms with E-state index in [2.05, 4.69) is 11.4 Å². The normalized spacial score (nSPS) is 18.9. The first kappa shape index (κ1) is 17.0. The van der Waals surface area contributed by atoms with E-state index in [0.717, 1.165) is 49.0 Å². The highest BCUT2D eigenvalue weighted by Gasteiger charge is 2.23. The fourth-order valence-corrected chi connectivity index (χ4v) is 2.71. The number of benzene rings is 1. The molecule has 0 bridgehead atoms. The van der Waals surface area contributed by atoms with Crippen LogP contribution in [0.15, 0.2) is 18.2 Å². The zero-order valence-electron chi connectivity index (χ0n) is 12.6. The van der Waals surface area contributed by atoms with Crippen LogP contribution in [0.2, 0.25) is 0 Å². The molecule has 1 aromatic rings.